The monoisotopic (exact) mass is 285 g/mol. The number of likely N-dealkylation sites (tertiary alicyclic amines) is 1. The number of carbonyl (C=O) groups excluding carboxylic acids is 1. The van der Waals surface area contributed by atoms with Crippen LogP contribution in [0.2, 0.25) is 0 Å². The number of hydrogen-bond acceptors (Lipinski definition) is 3. The molecule has 1 saturated heterocycles. The first kappa shape index (κ1) is 15.6. The van der Waals surface area contributed by atoms with Crippen LogP contribution in [0, 0.1) is 0 Å². The number of aliphatic hydroxyl groups is 1. The third kappa shape index (κ3) is 3.78. The summed E-state index contributed by atoms with van der Waals surface area (Å²) in [5, 5.41) is 9.45. The van der Waals surface area contributed by atoms with E-state index in [0.717, 1.165) is 4.90 Å². The molecule has 1 amide bonds. The van der Waals surface area contributed by atoms with Crippen molar-refractivity contribution in [2.75, 3.05) is 18.8 Å². The van der Waals surface area contributed by atoms with Crippen molar-refractivity contribution < 1.29 is 23.1 Å². The van der Waals surface area contributed by atoms with Crippen LogP contribution in [-0.2, 0) is 4.79 Å². The van der Waals surface area contributed by atoms with Gasteiger partial charge in [-0.15, -0.1) is 11.8 Å². The van der Waals surface area contributed by atoms with Crippen LogP contribution in [-0.4, -0.2) is 51.3 Å². The third-order valence-electron chi connectivity index (χ3n) is 2.76. The van der Waals surface area contributed by atoms with Crippen molar-refractivity contribution >= 4 is 17.7 Å². The van der Waals surface area contributed by atoms with Crippen molar-refractivity contribution in [3.8, 4) is 0 Å². The summed E-state index contributed by atoms with van der Waals surface area (Å²) in [5.41, 5.74) is -2.74. The van der Waals surface area contributed by atoms with Gasteiger partial charge in [0.1, 0.15) is 0 Å². The van der Waals surface area contributed by atoms with E-state index in [2.05, 4.69) is 0 Å². The van der Waals surface area contributed by atoms with Gasteiger partial charge in [-0.3, -0.25) is 4.79 Å². The van der Waals surface area contributed by atoms with Crippen molar-refractivity contribution in [3.63, 3.8) is 0 Å². The van der Waals surface area contributed by atoms with Crippen LogP contribution >= 0.6 is 11.8 Å². The van der Waals surface area contributed by atoms with Gasteiger partial charge in [-0.2, -0.15) is 13.2 Å². The summed E-state index contributed by atoms with van der Waals surface area (Å²) >= 11 is 1.38. The lowest BCUT2D eigenvalue weighted by Gasteiger charge is -2.26. The fourth-order valence-electron chi connectivity index (χ4n) is 1.61. The summed E-state index contributed by atoms with van der Waals surface area (Å²) in [5.74, 6) is -0.215. The average Bonchev–Trinajstić information content (AvgIpc) is 2.56. The predicted molar refractivity (Wildman–Crippen MR) is 64.4 cm³/mol. The maximum atomic E-state index is 12.6. The Labute approximate surface area is 109 Å². The summed E-state index contributed by atoms with van der Waals surface area (Å²) in [6, 6.07) is 0. The second kappa shape index (κ2) is 4.92. The van der Waals surface area contributed by atoms with E-state index in [0.29, 0.717) is 0 Å². The Hall–Kier alpha value is -0.430. The molecule has 1 aliphatic rings. The van der Waals surface area contributed by atoms with Gasteiger partial charge in [-0.25, -0.2) is 0 Å². The maximum absolute atomic E-state index is 12.6. The van der Waals surface area contributed by atoms with E-state index < -0.39 is 24.7 Å². The van der Waals surface area contributed by atoms with Crippen LogP contribution in [0.3, 0.4) is 0 Å². The van der Waals surface area contributed by atoms with Gasteiger partial charge in [0.25, 0.3) is 0 Å². The molecule has 0 saturated carbocycles. The van der Waals surface area contributed by atoms with E-state index in [1.807, 2.05) is 20.8 Å². The van der Waals surface area contributed by atoms with E-state index in [4.69, 9.17) is 0 Å². The Morgan fingerprint density at radius 2 is 1.94 bits per heavy atom. The molecule has 1 heterocycles. The summed E-state index contributed by atoms with van der Waals surface area (Å²) < 4.78 is 37.6. The molecule has 0 bridgehead atoms. The number of halogens is 3. The zero-order valence-corrected chi connectivity index (χ0v) is 11.5. The summed E-state index contributed by atoms with van der Waals surface area (Å²) in [6.07, 6.45) is -5.12. The lowest BCUT2D eigenvalue weighted by molar-refractivity contribution is -0.253. The maximum Gasteiger partial charge on any atom is 0.419 e. The second-order valence-corrected chi connectivity index (χ2v) is 7.30. The molecule has 0 aliphatic carbocycles. The van der Waals surface area contributed by atoms with Gasteiger partial charge >= 0.3 is 6.18 Å². The number of β-amino-alcohol motifs (C(OH)–C–C–N with tert-alkyl or cyclic N) is 1. The zero-order valence-electron chi connectivity index (χ0n) is 10.7. The quantitative estimate of drug-likeness (QED) is 0.844. The van der Waals surface area contributed by atoms with Crippen molar-refractivity contribution in [1.82, 2.24) is 4.90 Å². The van der Waals surface area contributed by atoms with Crippen LogP contribution in [0.1, 0.15) is 27.2 Å². The second-order valence-electron chi connectivity index (χ2n) is 5.50. The molecule has 0 unspecified atom stereocenters. The highest BCUT2D eigenvalue weighted by atomic mass is 32.2. The largest absolute Gasteiger partial charge is 0.419 e. The minimum Gasteiger partial charge on any atom is -0.379 e. The third-order valence-corrected chi connectivity index (χ3v) is 4.01. The normalized spacial score (nSPS) is 25.6. The van der Waals surface area contributed by atoms with Gasteiger partial charge in [0, 0.05) is 17.7 Å². The number of hydrogen-bond donors (Lipinski definition) is 1. The standard InChI is InChI=1S/C11H18F3NO2S/c1-9(2,3)18-6-8(16)15-5-4-10(17,7-15)11(12,13)14/h17H,4-7H2,1-3H3/t10-/m0/s1. The first-order valence-electron chi connectivity index (χ1n) is 5.65. The van der Waals surface area contributed by atoms with Crippen molar-refractivity contribution in [1.29, 1.82) is 0 Å². The molecule has 1 fully saturated rings. The Morgan fingerprint density at radius 1 is 1.39 bits per heavy atom. The highest BCUT2D eigenvalue weighted by molar-refractivity contribution is 8.01. The molecule has 3 nitrogen and oxygen atoms in total. The Bertz CT molecular complexity index is 327. The van der Waals surface area contributed by atoms with Gasteiger partial charge in [0.2, 0.25) is 5.91 Å². The van der Waals surface area contributed by atoms with Gasteiger partial charge in [-0.1, -0.05) is 20.8 Å². The lowest BCUT2D eigenvalue weighted by atomic mass is 10.0. The van der Waals surface area contributed by atoms with Crippen molar-refractivity contribution in [3.05, 3.63) is 0 Å². The Balaban J connectivity index is 2.55. The smallest absolute Gasteiger partial charge is 0.379 e. The number of amides is 1. The number of rotatable bonds is 2. The first-order chi connectivity index (χ1) is 7.95. The molecule has 1 N–H and O–H groups in total. The van der Waals surface area contributed by atoms with E-state index in [1.165, 1.54) is 11.8 Å². The van der Waals surface area contributed by atoms with Gasteiger partial charge in [0.15, 0.2) is 5.60 Å². The molecule has 1 rings (SSSR count). The van der Waals surface area contributed by atoms with Crippen molar-refractivity contribution in [2.24, 2.45) is 0 Å². The van der Waals surface area contributed by atoms with Gasteiger partial charge in [-0.05, 0) is 0 Å². The molecule has 0 aromatic rings. The molecule has 18 heavy (non-hydrogen) atoms. The highest BCUT2D eigenvalue weighted by Gasteiger charge is 2.57. The minimum atomic E-state index is -4.68. The minimum absolute atomic E-state index is 0.0421. The molecular formula is C11H18F3NO2S. The molecule has 1 atom stereocenters. The number of nitrogens with zero attached hydrogens (tertiary/aromatic N) is 1. The molecule has 106 valence electrons. The lowest BCUT2D eigenvalue weighted by Crippen LogP contribution is -2.48. The van der Waals surface area contributed by atoms with E-state index in [9.17, 15) is 23.1 Å². The summed E-state index contributed by atoms with van der Waals surface area (Å²) in [6.45, 7) is 5.10. The molecular weight excluding hydrogens is 267 g/mol. The predicted octanol–water partition coefficient (Wildman–Crippen LogP) is 2.04. The molecule has 0 aromatic heterocycles. The zero-order chi connectivity index (χ0) is 14.2. The Kier molecular flexibility index (Phi) is 4.27. The van der Waals surface area contributed by atoms with Gasteiger partial charge in [0.05, 0.1) is 12.3 Å². The molecule has 7 heteroatoms. The molecule has 0 radical (unpaired) electrons. The number of carbonyl (C=O) groups is 1. The SMILES string of the molecule is CC(C)(C)SCC(=O)N1CC[C@@](O)(C(F)(F)F)C1. The summed E-state index contributed by atoms with van der Waals surface area (Å²) in [7, 11) is 0. The fourth-order valence-corrected chi connectivity index (χ4v) is 2.35. The van der Waals surface area contributed by atoms with Crippen LogP contribution in [0.15, 0.2) is 0 Å². The fraction of sp³-hybridized carbons (Fsp3) is 0.909. The number of alkyl halides is 3. The van der Waals surface area contributed by atoms with Crippen LogP contribution < -0.4 is 0 Å². The highest BCUT2D eigenvalue weighted by Crippen LogP contribution is 2.37. The van der Waals surface area contributed by atoms with Crippen LogP contribution in [0.5, 0.6) is 0 Å². The topological polar surface area (TPSA) is 40.5 Å². The molecule has 0 aromatic carbocycles. The number of thioether (sulfide) groups is 1. The van der Waals surface area contributed by atoms with E-state index in [-0.39, 0.29) is 23.0 Å². The average molecular weight is 285 g/mol. The van der Waals surface area contributed by atoms with Gasteiger partial charge < -0.3 is 10.0 Å². The molecule has 0 spiro atoms. The summed E-state index contributed by atoms with van der Waals surface area (Å²) in [4.78, 5) is 12.8. The first-order valence-corrected chi connectivity index (χ1v) is 6.64. The van der Waals surface area contributed by atoms with Crippen molar-refractivity contribution in [2.45, 2.75) is 43.7 Å². The molecule has 1 aliphatic heterocycles. The van der Waals surface area contributed by atoms with Crippen LogP contribution in [0.25, 0.3) is 0 Å². The van der Waals surface area contributed by atoms with E-state index in [1.54, 1.807) is 0 Å². The Morgan fingerprint density at radius 3 is 2.33 bits per heavy atom. The van der Waals surface area contributed by atoms with Crippen LogP contribution in [0.4, 0.5) is 13.2 Å². The van der Waals surface area contributed by atoms with E-state index >= 15 is 0 Å².